The van der Waals surface area contributed by atoms with Crippen LogP contribution in [-0.2, 0) is 27.1 Å². The summed E-state index contributed by atoms with van der Waals surface area (Å²) in [7, 11) is 0. The van der Waals surface area contributed by atoms with Gasteiger partial charge in [0.25, 0.3) is 5.91 Å². The van der Waals surface area contributed by atoms with Crippen LogP contribution in [0.1, 0.15) is 36.0 Å². The van der Waals surface area contributed by atoms with E-state index < -0.39 is 17.6 Å². The highest BCUT2D eigenvalue weighted by atomic mass is 32.2. The number of amides is 2. The normalized spacial score (nSPS) is 15.5. The number of hydrogen-bond donors (Lipinski definition) is 1. The molecule has 0 radical (unpaired) electrons. The number of halogens is 3. The van der Waals surface area contributed by atoms with Crippen molar-refractivity contribution < 1.29 is 32.5 Å². The van der Waals surface area contributed by atoms with Gasteiger partial charge in [0.15, 0.2) is 5.75 Å². The second-order valence-electron chi connectivity index (χ2n) is 8.31. The summed E-state index contributed by atoms with van der Waals surface area (Å²) in [6, 6.07) is 8.93. The summed E-state index contributed by atoms with van der Waals surface area (Å²) in [5, 5.41) is 2.68. The van der Waals surface area contributed by atoms with Crippen LogP contribution in [0.4, 0.5) is 13.2 Å². The topological polar surface area (TPSA) is 67.9 Å². The van der Waals surface area contributed by atoms with Crippen LogP contribution in [0.5, 0.6) is 5.75 Å². The predicted molar refractivity (Wildman–Crippen MR) is 125 cm³/mol. The van der Waals surface area contributed by atoms with Gasteiger partial charge in [0.1, 0.15) is 0 Å². The van der Waals surface area contributed by atoms with Crippen LogP contribution in [0.15, 0.2) is 52.8 Å². The molecule has 4 rings (SSSR count). The van der Waals surface area contributed by atoms with Crippen LogP contribution in [-0.4, -0.2) is 43.0 Å². The van der Waals surface area contributed by atoms with E-state index >= 15 is 0 Å². The van der Waals surface area contributed by atoms with Crippen molar-refractivity contribution in [3.63, 3.8) is 0 Å². The summed E-state index contributed by atoms with van der Waals surface area (Å²) in [6.07, 6.45) is -2.05. The predicted octanol–water partition coefficient (Wildman–Crippen LogP) is 4.87. The standard InChI is InChI=1S/C25H25F3N2O4S/c1-16(24(32)29-10-3-12-30-11-2-4-23(30)31)17-5-8-22(20(15-17)25(26,27)28)35-19-6-7-21-18(14-19)9-13-33-34-21/h5-8,14-15H,1-4,9-13H2,(H,29,32). The lowest BCUT2D eigenvalue weighted by atomic mass is 10.0. The van der Waals surface area contributed by atoms with E-state index in [1.165, 1.54) is 12.1 Å². The van der Waals surface area contributed by atoms with E-state index in [9.17, 15) is 22.8 Å². The minimum Gasteiger partial charge on any atom is -0.352 e. The van der Waals surface area contributed by atoms with E-state index in [-0.39, 0.29) is 21.9 Å². The molecular weight excluding hydrogens is 481 g/mol. The maximum atomic E-state index is 13.9. The van der Waals surface area contributed by atoms with Crippen molar-refractivity contribution in [2.75, 3.05) is 26.2 Å². The van der Waals surface area contributed by atoms with Crippen LogP contribution in [0.3, 0.4) is 0 Å². The van der Waals surface area contributed by atoms with Gasteiger partial charge < -0.3 is 15.1 Å². The zero-order valence-corrected chi connectivity index (χ0v) is 19.8. The van der Waals surface area contributed by atoms with Crippen LogP contribution < -0.4 is 10.2 Å². The summed E-state index contributed by atoms with van der Waals surface area (Å²) in [5.41, 5.74) is 0.0875. The molecule has 0 aliphatic carbocycles. The molecule has 6 nitrogen and oxygen atoms in total. The van der Waals surface area contributed by atoms with E-state index in [1.807, 2.05) is 0 Å². The average Bonchev–Trinajstić information content (AvgIpc) is 3.25. The number of alkyl halides is 3. The fourth-order valence-corrected chi connectivity index (χ4v) is 4.97. The monoisotopic (exact) mass is 506 g/mol. The van der Waals surface area contributed by atoms with Crippen LogP contribution in [0, 0.1) is 0 Å². The minimum absolute atomic E-state index is 0.0256. The maximum absolute atomic E-state index is 13.9. The van der Waals surface area contributed by atoms with Crippen molar-refractivity contribution in [1.29, 1.82) is 0 Å². The summed E-state index contributed by atoms with van der Waals surface area (Å²) in [5.74, 6) is 0.126. The zero-order chi connectivity index (χ0) is 25.0. The Bertz CT molecular complexity index is 1140. The lowest BCUT2D eigenvalue weighted by Crippen LogP contribution is -2.30. The number of carbonyl (C=O) groups excluding carboxylic acids is 2. The first-order valence-electron chi connectivity index (χ1n) is 11.3. The number of nitrogens with one attached hydrogen (secondary N) is 1. The van der Waals surface area contributed by atoms with Crippen LogP contribution >= 0.6 is 11.8 Å². The number of fused-ring (bicyclic) bond motifs is 1. The van der Waals surface area contributed by atoms with Gasteiger partial charge >= 0.3 is 6.18 Å². The fraction of sp³-hybridized carbons (Fsp3) is 0.360. The molecule has 2 aromatic carbocycles. The van der Waals surface area contributed by atoms with Crippen LogP contribution in [0.25, 0.3) is 5.57 Å². The molecule has 0 bridgehead atoms. The first-order valence-corrected chi connectivity index (χ1v) is 12.1. The van der Waals surface area contributed by atoms with Gasteiger partial charge in [-0.1, -0.05) is 24.4 Å². The largest absolute Gasteiger partial charge is 0.417 e. The van der Waals surface area contributed by atoms with E-state index in [1.54, 1.807) is 23.1 Å². The summed E-state index contributed by atoms with van der Waals surface area (Å²) in [4.78, 5) is 36.5. The second kappa shape index (κ2) is 10.7. The molecule has 1 fully saturated rings. The number of rotatable bonds is 8. The van der Waals surface area contributed by atoms with E-state index in [0.717, 1.165) is 36.4 Å². The van der Waals surface area contributed by atoms with Crippen molar-refractivity contribution in [2.24, 2.45) is 0 Å². The molecule has 10 heteroatoms. The van der Waals surface area contributed by atoms with Crippen molar-refractivity contribution in [3.8, 4) is 5.75 Å². The highest BCUT2D eigenvalue weighted by Gasteiger charge is 2.34. The second-order valence-corrected chi connectivity index (χ2v) is 9.42. The summed E-state index contributed by atoms with van der Waals surface area (Å²) >= 11 is 0.993. The van der Waals surface area contributed by atoms with Gasteiger partial charge in [0.2, 0.25) is 5.91 Å². The number of nitrogens with zero attached hydrogens (tertiary/aromatic N) is 1. The molecule has 0 spiro atoms. The van der Waals surface area contributed by atoms with Gasteiger partial charge in [0.05, 0.1) is 12.2 Å². The van der Waals surface area contributed by atoms with Crippen molar-refractivity contribution >= 4 is 29.1 Å². The zero-order valence-electron chi connectivity index (χ0n) is 19.0. The van der Waals surface area contributed by atoms with Crippen molar-refractivity contribution in [3.05, 3.63) is 59.7 Å². The van der Waals surface area contributed by atoms with Crippen LogP contribution in [0.2, 0.25) is 0 Å². The summed E-state index contributed by atoms with van der Waals surface area (Å²) < 4.78 is 41.7. The number of likely N-dealkylation sites (tertiary alicyclic amines) is 1. The highest BCUT2D eigenvalue weighted by Crippen LogP contribution is 2.41. The Balaban J connectivity index is 1.42. The van der Waals surface area contributed by atoms with Crippen molar-refractivity contribution in [1.82, 2.24) is 10.2 Å². The number of benzene rings is 2. The Morgan fingerprint density at radius 2 is 2.00 bits per heavy atom. The van der Waals surface area contributed by atoms with Gasteiger partial charge in [-0.15, -0.1) is 0 Å². The molecular formula is C25H25F3N2O4S. The SMILES string of the molecule is C=C(C(=O)NCCCN1CCCC1=O)c1ccc(Sc2ccc3c(c2)CCOO3)c(C(F)(F)F)c1. The van der Waals surface area contributed by atoms with E-state index in [0.29, 0.717) is 49.6 Å². The Morgan fingerprint density at radius 3 is 2.74 bits per heavy atom. The van der Waals surface area contributed by atoms with Gasteiger partial charge in [-0.3, -0.25) is 9.59 Å². The Morgan fingerprint density at radius 1 is 1.17 bits per heavy atom. The molecule has 1 N–H and O–H groups in total. The molecule has 2 aliphatic rings. The molecule has 186 valence electrons. The minimum atomic E-state index is -4.61. The fourth-order valence-electron chi connectivity index (χ4n) is 3.96. The third-order valence-corrected chi connectivity index (χ3v) is 6.90. The third-order valence-electron chi connectivity index (χ3n) is 5.83. The molecule has 2 amide bonds. The molecule has 0 aromatic heterocycles. The van der Waals surface area contributed by atoms with E-state index in [2.05, 4.69) is 11.9 Å². The van der Waals surface area contributed by atoms with Gasteiger partial charge in [-0.25, -0.2) is 0 Å². The first-order chi connectivity index (χ1) is 16.7. The smallest absolute Gasteiger partial charge is 0.352 e. The quantitative estimate of drug-likeness (QED) is 0.315. The Kier molecular flexibility index (Phi) is 7.71. The maximum Gasteiger partial charge on any atom is 0.417 e. The van der Waals surface area contributed by atoms with Crippen molar-refractivity contribution in [2.45, 2.75) is 41.7 Å². The molecule has 35 heavy (non-hydrogen) atoms. The third kappa shape index (κ3) is 6.18. The van der Waals surface area contributed by atoms with Gasteiger partial charge in [0, 0.05) is 53.4 Å². The van der Waals surface area contributed by atoms with E-state index in [4.69, 9.17) is 9.78 Å². The number of hydrogen-bond acceptors (Lipinski definition) is 5. The number of carbonyl (C=O) groups is 2. The lowest BCUT2D eigenvalue weighted by molar-refractivity contribution is -0.215. The lowest BCUT2D eigenvalue weighted by Gasteiger charge is -2.18. The average molecular weight is 507 g/mol. The molecule has 2 heterocycles. The molecule has 2 aromatic rings. The Hall–Kier alpha value is -2.98. The first kappa shape index (κ1) is 25.1. The molecule has 2 aliphatic heterocycles. The molecule has 0 saturated carbocycles. The Labute approximate surface area is 205 Å². The van der Waals surface area contributed by atoms with Gasteiger partial charge in [-0.05, 0) is 48.7 Å². The highest BCUT2D eigenvalue weighted by molar-refractivity contribution is 7.99. The molecule has 1 saturated heterocycles. The summed E-state index contributed by atoms with van der Waals surface area (Å²) in [6.45, 7) is 5.64. The molecule has 0 unspecified atom stereocenters. The molecule has 0 atom stereocenters. The van der Waals surface area contributed by atoms with Gasteiger partial charge in [-0.2, -0.15) is 18.1 Å².